The van der Waals surface area contributed by atoms with Crippen molar-refractivity contribution in [2.45, 2.75) is 26.2 Å². The van der Waals surface area contributed by atoms with Gasteiger partial charge in [-0.15, -0.1) is 11.3 Å². The van der Waals surface area contributed by atoms with Crippen molar-refractivity contribution in [3.8, 4) is 0 Å². The lowest BCUT2D eigenvalue weighted by Crippen LogP contribution is -2.37. The third kappa shape index (κ3) is 4.87. The van der Waals surface area contributed by atoms with Crippen LogP contribution in [0.4, 0.5) is 5.82 Å². The molecule has 0 radical (unpaired) electrons. The summed E-state index contributed by atoms with van der Waals surface area (Å²) in [5.41, 5.74) is 1.24. The highest BCUT2D eigenvalue weighted by Gasteiger charge is 2.13. The van der Waals surface area contributed by atoms with Crippen molar-refractivity contribution in [2.75, 3.05) is 44.7 Å². The summed E-state index contributed by atoms with van der Waals surface area (Å²) >= 11 is 1.78. The van der Waals surface area contributed by atoms with E-state index in [0.717, 1.165) is 80.5 Å². The molecule has 3 heterocycles. The molecule has 1 aliphatic heterocycles. The number of aryl methyl sites for hydroxylation is 1. The number of ether oxygens (including phenoxy) is 1. The van der Waals surface area contributed by atoms with E-state index in [1.54, 1.807) is 11.3 Å². The SMILES string of the molecule is CCc1cc2c(NCCCN3CCOCC3)nc(Cc3ccccc3)nc2s1. The van der Waals surface area contributed by atoms with Gasteiger partial charge < -0.3 is 10.1 Å². The Kier molecular flexibility index (Phi) is 6.52. The molecule has 0 bridgehead atoms. The van der Waals surface area contributed by atoms with Crippen LogP contribution in [0.5, 0.6) is 0 Å². The van der Waals surface area contributed by atoms with Crippen molar-refractivity contribution in [3.05, 3.63) is 52.7 Å². The maximum Gasteiger partial charge on any atom is 0.138 e. The molecule has 1 fully saturated rings. The normalized spacial score (nSPS) is 15.2. The van der Waals surface area contributed by atoms with Crippen molar-refractivity contribution in [3.63, 3.8) is 0 Å². The van der Waals surface area contributed by atoms with Crippen molar-refractivity contribution >= 4 is 27.4 Å². The monoisotopic (exact) mass is 396 g/mol. The summed E-state index contributed by atoms with van der Waals surface area (Å²) in [6.07, 6.45) is 2.90. The molecular weight excluding hydrogens is 368 g/mol. The van der Waals surface area contributed by atoms with E-state index in [-0.39, 0.29) is 0 Å². The fourth-order valence-electron chi connectivity index (χ4n) is 3.52. The summed E-state index contributed by atoms with van der Waals surface area (Å²) in [7, 11) is 0. The van der Waals surface area contributed by atoms with Gasteiger partial charge in [0.1, 0.15) is 16.5 Å². The predicted octanol–water partition coefficient (Wildman–Crippen LogP) is 3.98. The summed E-state index contributed by atoms with van der Waals surface area (Å²) in [6.45, 7) is 8.02. The number of nitrogens with zero attached hydrogens (tertiary/aromatic N) is 3. The quantitative estimate of drug-likeness (QED) is 0.584. The molecule has 28 heavy (non-hydrogen) atoms. The van der Waals surface area contributed by atoms with E-state index >= 15 is 0 Å². The average Bonchev–Trinajstić information content (AvgIpc) is 3.16. The zero-order valence-corrected chi connectivity index (χ0v) is 17.3. The number of thiophene rings is 1. The van der Waals surface area contributed by atoms with Crippen LogP contribution >= 0.6 is 11.3 Å². The van der Waals surface area contributed by atoms with Crippen LogP contribution in [0.1, 0.15) is 29.6 Å². The number of aromatic nitrogens is 2. The van der Waals surface area contributed by atoms with Gasteiger partial charge in [-0.2, -0.15) is 0 Å². The number of morpholine rings is 1. The largest absolute Gasteiger partial charge is 0.379 e. The summed E-state index contributed by atoms with van der Waals surface area (Å²) < 4.78 is 5.43. The number of fused-ring (bicyclic) bond motifs is 1. The van der Waals surface area contributed by atoms with Gasteiger partial charge in [-0.1, -0.05) is 37.3 Å². The van der Waals surface area contributed by atoms with Gasteiger partial charge in [-0.3, -0.25) is 4.90 Å². The number of anilines is 1. The Hall–Kier alpha value is -2.02. The van der Waals surface area contributed by atoms with Gasteiger partial charge in [-0.25, -0.2) is 9.97 Å². The molecule has 0 unspecified atom stereocenters. The first-order chi connectivity index (χ1) is 13.8. The minimum absolute atomic E-state index is 0.762. The Morgan fingerprint density at radius 1 is 1.14 bits per heavy atom. The average molecular weight is 397 g/mol. The lowest BCUT2D eigenvalue weighted by molar-refractivity contribution is 0.0378. The number of rotatable bonds is 8. The predicted molar refractivity (Wildman–Crippen MR) is 116 cm³/mol. The molecule has 4 rings (SSSR count). The second kappa shape index (κ2) is 9.45. The Labute approximate surface area is 170 Å². The van der Waals surface area contributed by atoms with Crippen LogP contribution in [-0.4, -0.2) is 54.3 Å². The summed E-state index contributed by atoms with van der Waals surface area (Å²) in [6, 6.07) is 12.7. The summed E-state index contributed by atoms with van der Waals surface area (Å²) in [4.78, 5) is 14.6. The zero-order valence-electron chi connectivity index (χ0n) is 16.5. The van der Waals surface area contributed by atoms with Crippen LogP contribution < -0.4 is 5.32 Å². The third-order valence-corrected chi connectivity index (χ3v) is 6.26. The number of hydrogen-bond donors (Lipinski definition) is 1. The molecule has 0 amide bonds. The maximum absolute atomic E-state index is 5.43. The molecule has 0 saturated carbocycles. The minimum Gasteiger partial charge on any atom is -0.379 e. The molecule has 0 aliphatic carbocycles. The molecular formula is C22H28N4OS. The van der Waals surface area contributed by atoms with Crippen LogP contribution in [0.2, 0.25) is 0 Å². The Morgan fingerprint density at radius 3 is 2.75 bits per heavy atom. The summed E-state index contributed by atoms with van der Waals surface area (Å²) in [5, 5.41) is 4.75. The fourth-order valence-corrected chi connectivity index (χ4v) is 4.50. The molecule has 5 nitrogen and oxygen atoms in total. The Morgan fingerprint density at radius 2 is 1.96 bits per heavy atom. The molecule has 1 saturated heterocycles. The van der Waals surface area contributed by atoms with Gasteiger partial charge in [0.25, 0.3) is 0 Å². The van der Waals surface area contributed by atoms with Gasteiger partial charge in [0.2, 0.25) is 0 Å². The first kappa shape index (κ1) is 19.3. The van der Waals surface area contributed by atoms with E-state index in [9.17, 15) is 0 Å². The van der Waals surface area contributed by atoms with Crippen LogP contribution in [0.3, 0.4) is 0 Å². The van der Waals surface area contributed by atoms with Crippen LogP contribution in [0.15, 0.2) is 36.4 Å². The lowest BCUT2D eigenvalue weighted by Gasteiger charge is -2.26. The molecule has 1 aliphatic rings. The van der Waals surface area contributed by atoms with E-state index in [2.05, 4.69) is 47.5 Å². The van der Waals surface area contributed by atoms with Crippen LogP contribution in [0, 0.1) is 0 Å². The van der Waals surface area contributed by atoms with Crippen LogP contribution in [-0.2, 0) is 17.6 Å². The second-order valence-corrected chi connectivity index (χ2v) is 8.29. The molecule has 2 aromatic heterocycles. The molecule has 1 N–H and O–H groups in total. The number of hydrogen-bond acceptors (Lipinski definition) is 6. The van der Waals surface area contributed by atoms with Gasteiger partial charge in [0, 0.05) is 30.9 Å². The minimum atomic E-state index is 0.762. The molecule has 1 aromatic carbocycles. The first-order valence-corrected chi connectivity index (χ1v) is 11.0. The molecule has 6 heteroatoms. The molecule has 3 aromatic rings. The van der Waals surface area contributed by atoms with Crippen molar-refractivity contribution in [1.82, 2.24) is 14.9 Å². The zero-order chi connectivity index (χ0) is 19.2. The lowest BCUT2D eigenvalue weighted by atomic mass is 10.1. The van der Waals surface area contributed by atoms with E-state index in [1.807, 2.05) is 6.07 Å². The van der Waals surface area contributed by atoms with E-state index in [1.165, 1.54) is 10.4 Å². The van der Waals surface area contributed by atoms with E-state index < -0.39 is 0 Å². The summed E-state index contributed by atoms with van der Waals surface area (Å²) in [5.74, 6) is 1.87. The van der Waals surface area contributed by atoms with Gasteiger partial charge >= 0.3 is 0 Å². The van der Waals surface area contributed by atoms with Crippen molar-refractivity contribution < 1.29 is 4.74 Å². The van der Waals surface area contributed by atoms with Gasteiger partial charge in [0.15, 0.2) is 0 Å². The number of nitrogens with one attached hydrogen (secondary N) is 1. The topological polar surface area (TPSA) is 50.3 Å². The highest BCUT2D eigenvalue weighted by Crippen LogP contribution is 2.29. The fraction of sp³-hybridized carbons (Fsp3) is 0.455. The standard InChI is InChI=1S/C22H28N4OS/c1-2-18-16-19-21(23-9-6-10-26-11-13-27-14-12-26)24-20(25-22(19)28-18)15-17-7-4-3-5-8-17/h3-5,7-8,16H,2,6,9-15H2,1H3,(H,23,24,25). The number of benzene rings is 1. The smallest absolute Gasteiger partial charge is 0.138 e. The molecule has 0 spiro atoms. The van der Waals surface area contributed by atoms with Crippen molar-refractivity contribution in [1.29, 1.82) is 0 Å². The second-order valence-electron chi connectivity index (χ2n) is 7.17. The molecule has 148 valence electrons. The van der Waals surface area contributed by atoms with E-state index in [4.69, 9.17) is 14.7 Å². The van der Waals surface area contributed by atoms with Crippen LogP contribution in [0.25, 0.3) is 10.2 Å². The highest BCUT2D eigenvalue weighted by atomic mass is 32.1. The third-order valence-electron chi connectivity index (χ3n) is 5.09. The van der Waals surface area contributed by atoms with E-state index in [0.29, 0.717) is 0 Å². The maximum atomic E-state index is 5.43. The molecule has 0 atom stereocenters. The van der Waals surface area contributed by atoms with Crippen molar-refractivity contribution in [2.24, 2.45) is 0 Å². The Balaban J connectivity index is 1.47. The van der Waals surface area contributed by atoms with Gasteiger partial charge in [-0.05, 0) is 31.0 Å². The highest BCUT2D eigenvalue weighted by molar-refractivity contribution is 7.18. The first-order valence-electron chi connectivity index (χ1n) is 10.2. The van der Waals surface area contributed by atoms with Gasteiger partial charge in [0.05, 0.1) is 18.6 Å². The Bertz CT molecular complexity index is 890.